The predicted octanol–water partition coefficient (Wildman–Crippen LogP) is 4.26. The van der Waals surface area contributed by atoms with Gasteiger partial charge in [0.1, 0.15) is 0 Å². The summed E-state index contributed by atoms with van der Waals surface area (Å²) in [5.74, 6) is 0.833. The molecule has 0 radical (unpaired) electrons. The number of aryl methyl sites for hydroxylation is 1. The van der Waals surface area contributed by atoms with Crippen molar-refractivity contribution < 1.29 is 0 Å². The van der Waals surface area contributed by atoms with Crippen LogP contribution in [0.2, 0.25) is 0 Å². The van der Waals surface area contributed by atoms with Gasteiger partial charge >= 0.3 is 0 Å². The lowest BCUT2D eigenvalue weighted by Crippen LogP contribution is -2.34. The zero-order valence-electron chi connectivity index (χ0n) is 17.7. The van der Waals surface area contributed by atoms with Gasteiger partial charge in [-0.05, 0) is 89.2 Å². The monoisotopic (exact) mass is 380 g/mol. The number of benzene rings is 1. The van der Waals surface area contributed by atoms with Gasteiger partial charge in [-0.2, -0.15) is 5.10 Å². The van der Waals surface area contributed by atoms with Gasteiger partial charge in [-0.15, -0.1) is 0 Å². The second kappa shape index (κ2) is 9.23. The molecule has 0 unspecified atom stereocenters. The minimum Gasteiger partial charge on any atom is -0.299 e. The molecule has 2 fully saturated rings. The maximum atomic E-state index is 4.50. The maximum Gasteiger partial charge on any atom is 0.0537 e. The van der Waals surface area contributed by atoms with Crippen molar-refractivity contribution in [1.29, 1.82) is 0 Å². The van der Waals surface area contributed by atoms with Crippen molar-refractivity contribution in [3.8, 4) is 0 Å². The molecule has 0 saturated carbocycles. The van der Waals surface area contributed by atoms with Gasteiger partial charge < -0.3 is 0 Å². The molecule has 0 amide bonds. The summed E-state index contributed by atoms with van der Waals surface area (Å²) in [7, 11) is 0. The van der Waals surface area contributed by atoms with Gasteiger partial charge in [-0.3, -0.25) is 14.5 Å². The van der Waals surface area contributed by atoms with Gasteiger partial charge in [0.2, 0.25) is 0 Å². The molecule has 152 valence electrons. The summed E-state index contributed by atoms with van der Waals surface area (Å²) < 4.78 is 2.11. The molecule has 4 rings (SSSR count). The molecule has 28 heavy (non-hydrogen) atoms. The van der Waals surface area contributed by atoms with E-state index in [4.69, 9.17) is 0 Å². The number of aromatic nitrogens is 2. The van der Waals surface area contributed by atoms with Gasteiger partial charge in [0, 0.05) is 30.9 Å². The van der Waals surface area contributed by atoms with E-state index in [9.17, 15) is 0 Å². The first-order chi connectivity index (χ1) is 13.7. The van der Waals surface area contributed by atoms with E-state index in [-0.39, 0.29) is 0 Å². The third kappa shape index (κ3) is 4.84. The molecule has 4 nitrogen and oxygen atoms in total. The summed E-state index contributed by atoms with van der Waals surface area (Å²) in [6.07, 6.45) is 8.68. The molecule has 2 saturated heterocycles. The Kier molecular flexibility index (Phi) is 6.48. The van der Waals surface area contributed by atoms with E-state index < -0.39 is 0 Å². The molecule has 0 N–H and O–H groups in total. The van der Waals surface area contributed by atoms with Gasteiger partial charge in [-0.1, -0.05) is 24.3 Å². The molecule has 0 aliphatic carbocycles. The quantitative estimate of drug-likeness (QED) is 0.717. The minimum absolute atomic E-state index is 0.833. The average molecular weight is 381 g/mol. The SMILES string of the molecule is CCn1ncc(CN2CCC(Cc3ccc(CN4CCCC4)cc3)CC2)c1C. The van der Waals surface area contributed by atoms with Crippen molar-refractivity contribution in [2.45, 2.75) is 65.6 Å². The number of piperidine rings is 1. The lowest BCUT2D eigenvalue weighted by atomic mass is 9.89. The summed E-state index contributed by atoms with van der Waals surface area (Å²) in [6, 6.07) is 9.47. The highest BCUT2D eigenvalue weighted by Gasteiger charge is 2.21. The molecule has 0 spiro atoms. The molecule has 2 aliphatic heterocycles. The average Bonchev–Trinajstić information content (AvgIpc) is 3.35. The summed E-state index contributed by atoms with van der Waals surface area (Å²) >= 11 is 0. The van der Waals surface area contributed by atoms with Crippen molar-refractivity contribution in [3.63, 3.8) is 0 Å². The lowest BCUT2D eigenvalue weighted by Gasteiger charge is -2.32. The first-order valence-electron chi connectivity index (χ1n) is 11.2. The van der Waals surface area contributed by atoms with Crippen molar-refractivity contribution in [1.82, 2.24) is 19.6 Å². The Morgan fingerprint density at radius 1 is 0.893 bits per heavy atom. The third-order valence-electron chi connectivity index (χ3n) is 6.76. The Bertz CT molecular complexity index is 734. The summed E-state index contributed by atoms with van der Waals surface area (Å²) in [4.78, 5) is 5.19. The van der Waals surface area contributed by atoms with Crippen LogP contribution >= 0.6 is 0 Å². The second-order valence-electron chi connectivity index (χ2n) is 8.79. The number of hydrogen-bond donors (Lipinski definition) is 0. The standard InChI is InChI=1S/C24H36N4/c1-3-28-20(2)24(17-25-28)19-27-14-10-22(11-15-27)16-21-6-8-23(9-7-21)18-26-12-4-5-13-26/h6-9,17,22H,3-5,10-16,18-19H2,1-2H3. The number of nitrogens with zero attached hydrogens (tertiary/aromatic N) is 4. The molecule has 1 aromatic carbocycles. The number of likely N-dealkylation sites (tertiary alicyclic amines) is 2. The molecule has 0 bridgehead atoms. The van der Waals surface area contributed by atoms with Crippen LogP contribution in [0.3, 0.4) is 0 Å². The van der Waals surface area contributed by atoms with E-state index in [1.54, 1.807) is 0 Å². The van der Waals surface area contributed by atoms with Crippen molar-refractivity contribution in [2.75, 3.05) is 26.2 Å². The fourth-order valence-corrected chi connectivity index (χ4v) is 4.86. The van der Waals surface area contributed by atoms with Crippen LogP contribution in [0.1, 0.15) is 55.0 Å². The van der Waals surface area contributed by atoms with E-state index in [1.807, 2.05) is 0 Å². The highest BCUT2D eigenvalue weighted by Crippen LogP contribution is 2.24. The van der Waals surface area contributed by atoms with Gasteiger partial charge in [0.05, 0.1) is 6.20 Å². The Labute approximate surface area is 170 Å². The molecular weight excluding hydrogens is 344 g/mol. The normalized spacial score (nSPS) is 19.5. The van der Waals surface area contributed by atoms with E-state index in [1.165, 1.54) is 80.7 Å². The van der Waals surface area contributed by atoms with Crippen molar-refractivity contribution in [2.24, 2.45) is 5.92 Å². The maximum absolute atomic E-state index is 4.50. The van der Waals surface area contributed by atoms with E-state index in [0.29, 0.717) is 0 Å². The van der Waals surface area contributed by atoms with Crippen LogP contribution in [0.4, 0.5) is 0 Å². The first-order valence-corrected chi connectivity index (χ1v) is 11.2. The predicted molar refractivity (Wildman–Crippen MR) is 115 cm³/mol. The van der Waals surface area contributed by atoms with Crippen LogP contribution in [-0.2, 0) is 26.1 Å². The number of hydrogen-bond acceptors (Lipinski definition) is 3. The second-order valence-corrected chi connectivity index (χ2v) is 8.79. The van der Waals surface area contributed by atoms with E-state index >= 15 is 0 Å². The Morgan fingerprint density at radius 2 is 1.54 bits per heavy atom. The van der Waals surface area contributed by atoms with E-state index in [0.717, 1.165) is 25.6 Å². The summed E-state index contributed by atoms with van der Waals surface area (Å²) in [6.45, 7) is 12.5. The minimum atomic E-state index is 0.833. The molecule has 2 aliphatic rings. The van der Waals surface area contributed by atoms with Gasteiger partial charge in [0.15, 0.2) is 0 Å². The molecule has 1 aromatic heterocycles. The van der Waals surface area contributed by atoms with Crippen LogP contribution in [0.5, 0.6) is 0 Å². The first kappa shape index (κ1) is 19.7. The molecule has 2 aromatic rings. The largest absolute Gasteiger partial charge is 0.299 e. The molecule has 3 heterocycles. The fraction of sp³-hybridized carbons (Fsp3) is 0.625. The van der Waals surface area contributed by atoms with Crippen molar-refractivity contribution in [3.05, 3.63) is 52.8 Å². The van der Waals surface area contributed by atoms with Crippen LogP contribution in [0, 0.1) is 12.8 Å². The molecule has 4 heteroatoms. The zero-order chi connectivity index (χ0) is 19.3. The molecular formula is C24H36N4. The Balaban J connectivity index is 1.23. The summed E-state index contributed by atoms with van der Waals surface area (Å²) in [5, 5.41) is 4.50. The molecule has 0 atom stereocenters. The highest BCUT2D eigenvalue weighted by molar-refractivity contribution is 5.23. The summed E-state index contributed by atoms with van der Waals surface area (Å²) in [5.41, 5.74) is 5.72. The fourth-order valence-electron chi connectivity index (χ4n) is 4.86. The zero-order valence-corrected chi connectivity index (χ0v) is 17.7. The number of rotatable bonds is 7. The van der Waals surface area contributed by atoms with Crippen LogP contribution in [0.25, 0.3) is 0 Å². The Morgan fingerprint density at radius 3 is 2.18 bits per heavy atom. The van der Waals surface area contributed by atoms with Gasteiger partial charge in [-0.25, -0.2) is 0 Å². The van der Waals surface area contributed by atoms with Gasteiger partial charge in [0.25, 0.3) is 0 Å². The van der Waals surface area contributed by atoms with Crippen molar-refractivity contribution >= 4 is 0 Å². The lowest BCUT2D eigenvalue weighted by molar-refractivity contribution is 0.176. The van der Waals surface area contributed by atoms with Crippen LogP contribution in [0.15, 0.2) is 30.5 Å². The smallest absolute Gasteiger partial charge is 0.0537 e. The topological polar surface area (TPSA) is 24.3 Å². The van der Waals surface area contributed by atoms with E-state index in [2.05, 4.69) is 63.9 Å². The van der Waals surface area contributed by atoms with Crippen LogP contribution in [-0.4, -0.2) is 45.8 Å². The highest BCUT2D eigenvalue weighted by atomic mass is 15.3. The van der Waals surface area contributed by atoms with Crippen LogP contribution < -0.4 is 0 Å². The third-order valence-corrected chi connectivity index (χ3v) is 6.76. The Hall–Kier alpha value is -1.65.